The van der Waals surface area contributed by atoms with Crippen molar-refractivity contribution in [3.63, 3.8) is 0 Å². The number of carbonyl (C=O) groups excluding carboxylic acids is 2. The third kappa shape index (κ3) is 6.14. The molecule has 3 aliphatic carbocycles. The molecule has 2 amide bonds. The number of fused-ring (bicyclic) bond motifs is 3. The summed E-state index contributed by atoms with van der Waals surface area (Å²) in [6.45, 7) is 15.5. The van der Waals surface area contributed by atoms with Gasteiger partial charge < -0.3 is 24.5 Å². The first kappa shape index (κ1) is 33.0. The molecule has 3 saturated carbocycles. The van der Waals surface area contributed by atoms with Crippen molar-refractivity contribution in [1.82, 2.24) is 15.2 Å². The molecule has 0 unspecified atom stereocenters. The number of halogens is 2. The van der Waals surface area contributed by atoms with Crippen LogP contribution >= 0.6 is 31.9 Å². The lowest BCUT2D eigenvalue weighted by Gasteiger charge is -2.64. The Hall–Kier alpha value is -1.88. The minimum Gasteiger partial charge on any atom is -0.404 e. The van der Waals surface area contributed by atoms with E-state index in [1.54, 1.807) is 0 Å². The summed E-state index contributed by atoms with van der Waals surface area (Å²) in [5.74, 6) is 0.957. The fourth-order valence-electron chi connectivity index (χ4n) is 8.41. The van der Waals surface area contributed by atoms with Crippen LogP contribution in [-0.2, 0) is 25.4 Å². The smallest absolute Gasteiger partial charge is 0.404 e. The Morgan fingerprint density at radius 1 is 0.933 bits per heavy atom. The molecule has 3 aromatic rings. The van der Waals surface area contributed by atoms with Crippen LogP contribution in [0.25, 0.3) is 21.8 Å². The summed E-state index contributed by atoms with van der Waals surface area (Å²) in [5, 5.41) is 8.51. The highest BCUT2D eigenvalue weighted by Gasteiger charge is 2.68. The first-order valence-corrected chi connectivity index (χ1v) is 18.1. The van der Waals surface area contributed by atoms with E-state index in [2.05, 4.69) is 103 Å². The molecule has 45 heavy (non-hydrogen) atoms. The third-order valence-corrected chi connectivity index (χ3v) is 11.8. The van der Waals surface area contributed by atoms with Gasteiger partial charge in [0.25, 0.3) is 0 Å². The lowest BCUT2D eigenvalue weighted by Crippen LogP contribution is -2.65. The Kier molecular flexibility index (Phi) is 9.03. The molecule has 0 radical (unpaired) electrons. The molecule has 4 aliphatic rings. The summed E-state index contributed by atoms with van der Waals surface area (Å²) < 4.78 is 17.4. The van der Waals surface area contributed by atoms with Crippen LogP contribution in [0.5, 0.6) is 0 Å². The number of nitrogens with one attached hydrogen (secondary N) is 2. The standard InChI is InChI=1S/C35H46BBr2N3O4/c1-19(2)12-26(39-32(42)18-41-27-10-8-22(37)16-24(27)25-17-23(38)9-11-28(25)41)33(43)40-31(13-20(3)4)36-44-30-15-21-14-29(34(21,5)6)35(30,7)45-36/h8-11,16-17,19-21,26,29-31H,12-15,18H2,1-7H3,(H,39,42)(H,40,43)/t21-,26-,29-,30+,31-,35-/m0/s1. The molecule has 2 aromatic carbocycles. The van der Waals surface area contributed by atoms with E-state index in [0.29, 0.717) is 24.2 Å². The summed E-state index contributed by atoms with van der Waals surface area (Å²) >= 11 is 7.19. The summed E-state index contributed by atoms with van der Waals surface area (Å²) in [7, 11) is -0.506. The predicted octanol–water partition coefficient (Wildman–Crippen LogP) is 7.65. The molecule has 242 valence electrons. The molecule has 1 saturated heterocycles. The van der Waals surface area contributed by atoms with Gasteiger partial charge in [0.1, 0.15) is 12.6 Å². The zero-order valence-corrected chi connectivity index (χ0v) is 30.6. The SMILES string of the molecule is CC(C)C[C@H](NC(=O)[C@H](CC(C)C)NC(=O)Cn1c2ccc(Br)cc2c2cc(Br)ccc21)B1O[C@@H]2C[C@@H]3C[C@@H](C3(C)C)[C@]2(C)O1. The van der Waals surface area contributed by atoms with Crippen molar-refractivity contribution in [1.29, 1.82) is 0 Å². The van der Waals surface area contributed by atoms with E-state index in [1.165, 1.54) is 6.42 Å². The van der Waals surface area contributed by atoms with Crippen molar-refractivity contribution in [3.8, 4) is 0 Å². The Morgan fingerprint density at radius 2 is 1.53 bits per heavy atom. The zero-order chi connectivity index (χ0) is 32.4. The maximum absolute atomic E-state index is 14.0. The van der Waals surface area contributed by atoms with Crippen molar-refractivity contribution in [2.45, 2.75) is 104 Å². The van der Waals surface area contributed by atoms with Gasteiger partial charge in [0.15, 0.2) is 0 Å². The Morgan fingerprint density at radius 3 is 2.09 bits per heavy atom. The second kappa shape index (κ2) is 12.3. The molecular formula is C35H46BBr2N3O4. The van der Waals surface area contributed by atoms with Gasteiger partial charge in [-0.1, -0.05) is 73.4 Å². The Bertz CT molecular complexity index is 1560. The predicted molar refractivity (Wildman–Crippen MR) is 188 cm³/mol. The highest BCUT2D eigenvalue weighted by Crippen LogP contribution is 2.65. The highest BCUT2D eigenvalue weighted by molar-refractivity contribution is 9.10. The van der Waals surface area contributed by atoms with Crippen LogP contribution in [0.1, 0.15) is 74.1 Å². The van der Waals surface area contributed by atoms with Crippen LogP contribution in [-0.4, -0.2) is 47.2 Å². The van der Waals surface area contributed by atoms with Gasteiger partial charge in [-0.25, -0.2) is 0 Å². The van der Waals surface area contributed by atoms with Gasteiger partial charge in [-0.05, 0) is 98.1 Å². The van der Waals surface area contributed by atoms with Crippen LogP contribution in [0.15, 0.2) is 45.3 Å². The van der Waals surface area contributed by atoms with E-state index >= 15 is 0 Å². The number of rotatable bonds is 10. The van der Waals surface area contributed by atoms with Crippen LogP contribution in [0.3, 0.4) is 0 Å². The van der Waals surface area contributed by atoms with Gasteiger partial charge in [-0.2, -0.15) is 0 Å². The molecule has 7 nitrogen and oxygen atoms in total. The third-order valence-electron chi connectivity index (χ3n) is 10.8. The normalized spacial score (nSPS) is 26.6. The highest BCUT2D eigenvalue weighted by atomic mass is 79.9. The number of benzene rings is 2. The van der Waals surface area contributed by atoms with Crippen LogP contribution in [0.4, 0.5) is 0 Å². The van der Waals surface area contributed by atoms with Gasteiger partial charge in [-0.15, -0.1) is 0 Å². The second-order valence-corrected chi connectivity index (χ2v) is 17.1. The number of aromatic nitrogens is 1. The maximum atomic E-state index is 14.0. The molecule has 10 heteroatoms. The number of hydrogen-bond donors (Lipinski definition) is 2. The van der Waals surface area contributed by atoms with Crippen LogP contribution in [0.2, 0.25) is 0 Å². The number of nitrogens with zero attached hydrogens (tertiary/aromatic N) is 1. The molecule has 4 fully saturated rings. The van der Waals surface area contributed by atoms with E-state index in [-0.39, 0.29) is 47.3 Å². The van der Waals surface area contributed by atoms with Gasteiger partial charge in [0.05, 0.1) is 17.6 Å². The summed E-state index contributed by atoms with van der Waals surface area (Å²) in [6.07, 6.45) is 3.49. The molecule has 7 rings (SSSR count). The van der Waals surface area contributed by atoms with Crippen molar-refractivity contribution >= 4 is 72.6 Å². The molecular weight excluding hydrogens is 697 g/mol. The maximum Gasteiger partial charge on any atom is 0.481 e. The summed E-state index contributed by atoms with van der Waals surface area (Å²) in [6, 6.07) is 11.5. The first-order valence-electron chi connectivity index (χ1n) is 16.5. The van der Waals surface area contributed by atoms with E-state index < -0.39 is 13.2 Å². The fraction of sp³-hybridized carbons (Fsp3) is 0.600. The van der Waals surface area contributed by atoms with Crippen molar-refractivity contribution in [3.05, 3.63) is 45.3 Å². The summed E-state index contributed by atoms with van der Waals surface area (Å²) in [4.78, 5) is 27.7. The minimum absolute atomic E-state index is 0.0458. The van der Waals surface area contributed by atoms with Gasteiger partial charge in [0.2, 0.25) is 11.8 Å². The van der Waals surface area contributed by atoms with Gasteiger partial charge >= 0.3 is 7.12 Å². The molecule has 1 aliphatic heterocycles. The van der Waals surface area contributed by atoms with Gasteiger partial charge in [-0.3, -0.25) is 9.59 Å². The largest absolute Gasteiger partial charge is 0.481 e. The quantitative estimate of drug-likeness (QED) is 0.209. The summed E-state index contributed by atoms with van der Waals surface area (Å²) in [5.41, 5.74) is 1.84. The van der Waals surface area contributed by atoms with Crippen molar-refractivity contribution in [2.24, 2.45) is 29.1 Å². The molecule has 2 heterocycles. The molecule has 2 bridgehead atoms. The monoisotopic (exact) mass is 741 g/mol. The van der Waals surface area contributed by atoms with E-state index in [4.69, 9.17) is 9.31 Å². The molecule has 1 aromatic heterocycles. The van der Waals surface area contributed by atoms with Gasteiger partial charge in [0, 0.05) is 30.8 Å². The number of amides is 2. The molecule has 2 N–H and O–H groups in total. The lowest BCUT2D eigenvalue weighted by molar-refractivity contribution is -0.199. The van der Waals surface area contributed by atoms with E-state index in [0.717, 1.165) is 43.6 Å². The fourth-order valence-corrected chi connectivity index (χ4v) is 9.13. The topological polar surface area (TPSA) is 81.6 Å². The number of hydrogen-bond acceptors (Lipinski definition) is 4. The average molecular weight is 743 g/mol. The molecule has 0 spiro atoms. The Balaban J connectivity index is 1.20. The lowest BCUT2D eigenvalue weighted by atomic mass is 9.43. The van der Waals surface area contributed by atoms with Crippen LogP contribution < -0.4 is 10.6 Å². The second-order valence-electron chi connectivity index (χ2n) is 15.2. The molecule has 6 atom stereocenters. The first-order chi connectivity index (χ1) is 21.2. The van der Waals surface area contributed by atoms with E-state index in [9.17, 15) is 9.59 Å². The van der Waals surface area contributed by atoms with E-state index in [1.807, 2.05) is 28.8 Å². The number of carbonyl (C=O) groups is 2. The van der Waals surface area contributed by atoms with Crippen LogP contribution in [0, 0.1) is 29.1 Å². The zero-order valence-electron chi connectivity index (χ0n) is 27.5. The Labute approximate surface area is 284 Å². The minimum atomic E-state index is -0.672. The average Bonchev–Trinajstić information content (AvgIpc) is 3.45. The van der Waals surface area contributed by atoms with Crippen molar-refractivity contribution in [2.75, 3.05) is 0 Å². The van der Waals surface area contributed by atoms with Crippen molar-refractivity contribution < 1.29 is 18.9 Å².